The van der Waals surface area contributed by atoms with Crippen molar-refractivity contribution in [1.29, 1.82) is 0 Å². The van der Waals surface area contributed by atoms with Crippen molar-refractivity contribution in [2.75, 3.05) is 11.9 Å². The van der Waals surface area contributed by atoms with Crippen LogP contribution in [0.4, 0.5) is 5.82 Å². The van der Waals surface area contributed by atoms with E-state index in [4.69, 9.17) is 19.4 Å². The first-order chi connectivity index (χ1) is 17.3. The molecule has 0 amide bonds. The van der Waals surface area contributed by atoms with Crippen LogP contribution in [0.1, 0.15) is 5.56 Å². The van der Waals surface area contributed by atoms with Gasteiger partial charge in [0.05, 0.1) is 16.7 Å². The highest BCUT2D eigenvalue weighted by molar-refractivity contribution is 7.40. The summed E-state index contributed by atoms with van der Waals surface area (Å²) in [7, 11) is 1.60. The van der Waals surface area contributed by atoms with Crippen LogP contribution in [0.25, 0.3) is 38.3 Å². The maximum absolute atomic E-state index is 5.64. The fourth-order valence-electron chi connectivity index (χ4n) is 4.20. The van der Waals surface area contributed by atoms with E-state index in [2.05, 4.69) is 71.4 Å². The van der Waals surface area contributed by atoms with Gasteiger partial charge in [0.2, 0.25) is 0 Å². The lowest BCUT2D eigenvalue weighted by molar-refractivity contribution is 0.574. The molecule has 0 spiro atoms. The van der Waals surface area contributed by atoms with Crippen LogP contribution in [0.2, 0.25) is 0 Å². The molecule has 0 bridgehead atoms. The van der Waals surface area contributed by atoms with Gasteiger partial charge < -0.3 is 14.3 Å². The molecule has 1 unspecified atom stereocenters. The van der Waals surface area contributed by atoms with Crippen molar-refractivity contribution in [3.05, 3.63) is 102 Å². The van der Waals surface area contributed by atoms with Gasteiger partial charge in [-0.3, -0.25) is 0 Å². The number of nitrogens with zero attached hydrogens (tertiary/aromatic N) is 4. The number of fused-ring (bicyclic) bond motifs is 1. The van der Waals surface area contributed by atoms with E-state index in [0.29, 0.717) is 5.76 Å². The van der Waals surface area contributed by atoms with Crippen molar-refractivity contribution in [3.8, 4) is 27.2 Å². The molecule has 0 aliphatic rings. The first-order valence-electron chi connectivity index (χ1n) is 11.5. The third kappa shape index (κ3) is 4.11. The first-order valence-corrected chi connectivity index (χ1v) is 12.8. The highest BCUT2D eigenvalue weighted by Gasteiger charge is 2.26. The topological polar surface area (TPSA) is 68.8 Å². The van der Waals surface area contributed by atoms with Crippen LogP contribution in [0, 0.1) is 0 Å². The largest absolute Gasteiger partial charge is 0.461 e. The molecule has 0 saturated carbocycles. The monoisotopic (exact) mass is 478 g/mol. The highest BCUT2D eigenvalue weighted by atomic mass is 32.2. The Morgan fingerprint density at radius 1 is 0.857 bits per heavy atom. The van der Waals surface area contributed by atoms with Crippen molar-refractivity contribution < 1.29 is 4.42 Å². The second kappa shape index (κ2) is 9.19. The molecular formula is C28H24N5OS+. The maximum Gasteiger partial charge on any atom is 0.375 e. The number of hydrogen-bond acceptors (Lipinski definition) is 5. The summed E-state index contributed by atoms with van der Waals surface area (Å²) in [6.07, 6.45) is 2.55. The van der Waals surface area contributed by atoms with Crippen LogP contribution in [0.3, 0.4) is 0 Å². The van der Waals surface area contributed by atoms with E-state index in [0.717, 1.165) is 40.9 Å². The van der Waals surface area contributed by atoms with E-state index in [1.54, 1.807) is 6.26 Å². The smallest absolute Gasteiger partial charge is 0.375 e. The molecule has 7 heteroatoms. The van der Waals surface area contributed by atoms with Crippen molar-refractivity contribution in [2.45, 2.75) is 6.42 Å². The number of rotatable bonds is 7. The number of anilines is 1. The molecule has 1 atom stereocenters. The van der Waals surface area contributed by atoms with Gasteiger partial charge in [-0.2, -0.15) is 9.97 Å². The SMILES string of the molecule is Cn1c(-c2ccco2)nc2c(NCCc3ccccc3)nc(-[s+]3cccc3-c3ccccc3)nc21. The van der Waals surface area contributed by atoms with Gasteiger partial charge in [0.25, 0.3) is 0 Å². The van der Waals surface area contributed by atoms with Crippen LogP contribution in [-0.4, -0.2) is 26.1 Å². The molecule has 0 saturated heterocycles. The number of imidazole rings is 1. The van der Waals surface area contributed by atoms with E-state index in [-0.39, 0.29) is 10.5 Å². The molecule has 0 aliphatic carbocycles. The summed E-state index contributed by atoms with van der Waals surface area (Å²) in [5.41, 5.74) is 3.98. The van der Waals surface area contributed by atoms with E-state index in [9.17, 15) is 0 Å². The van der Waals surface area contributed by atoms with E-state index >= 15 is 0 Å². The molecule has 0 radical (unpaired) electrons. The minimum Gasteiger partial charge on any atom is -0.461 e. The molecule has 35 heavy (non-hydrogen) atoms. The standard InChI is InChI=1S/C28H24N5OS/c1-33-26(22-14-8-18-34-22)30-24-25(29-17-16-20-10-4-2-5-11-20)31-28(32-27(24)33)35-19-9-15-23(35)21-12-6-3-7-13-21/h2-15,18-19H,16-17H2,1H3,(H,29,31,32)/q+1. The van der Waals surface area contributed by atoms with E-state index in [1.165, 1.54) is 16.0 Å². The van der Waals surface area contributed by atoms with Gasteiger partial charge in [-0.25, -0.2) is 4.98 Å². The molecule has 1 N–H and O–H groups in total. The van der Waals surface area contributed by atoms with Crippen molar-refractivity contribution in [1.82, 2.24) is 19.5 Å². The summed E-state index contributed by atoms with van der Waals surface area (Å²) in [5.74, 6) is 2.18. The summed E-state index contributed by atoms with van der Waals surface area (Å²) in [4.78, 5) is 16.1. The number of hydrogen-bond donors (Lipinski definition) is 1. The molecule has 4 aromatic heterocycles. The number of benzene rings is 2. The lowest BCUT2D eigenvalue weighted by Gasteiger charge is -2.07. The van der Waals surface area contributed by atoms with Gasteiger partial charge in [0.15, 0.2) is 33.4 Å². The molecule has 6 rings (SSSR count). The minimum absolute atomic E-state index is 0.369. The van der Waals surface area contributed by atoms with Crippen LogP contribution >= 0.6 is 10.5 Å². The third-order valence-corrected chi connectivity index (χ3v) is 7.79. The Morgan fingerprint density at radius 2 is 1.66 bits per heavy atom. The summed E-state index contributed by atoms with van der Waals surface area (Å²) in [6, 6.07) is 28.9. The Morgan fingerprint density at radius 3 is 2.43 bits per heavy atom. The number of nitrogens with one attached hydrogen (secondary N) is 1. The first kappa shape index (κ1) is 21.3. The van der Waals surface area contributed by atoms with Gasteiger partial charge in [-0.05, 0) is 42.3 Å². The van der Waals surface area contributed by atoms with Gasteiger partial charge in [0.1, 0.15) is 5.38 Å². The number of aryl methyl sites for hydroxylation is 1. The fourth-order valence-corrected chi connectivity index (χ4v) is 5.89. The van der Waals surface area contributed by atoms with Crippen molar-refractivity contribution >= 4 is 27.5 Å². The number of thiophene rings is 1. The van der Waals surface area contributed by atoms with Gasteiger partial charge in [0, 0.05) is 25.2 Å². The normalized spacial score (nSPS) is 11.7. The predicted molar refractivity (Wildman–Crippen MR) is 142 cm³/mol. The van der Waals surface area contributed by atoms with E-state index < -0.39 is 0 Å². The van der Waals surface area contributed by atoms with Crippen LogP contribution in [0.15, 0.2) is 101 Å². The maximum atomic E-state index is 5.64. The average Bonchev–Trinajstić information content (AvgIpc) is 3.66. The Labute approximate surface area is 205 Å². The number of furan rings is 1. The van der Waals surface area contributed by atoms with E-state index in [1.807, 2.05) is 35.9 Å². The summed E-state index contributed by atoms with van der Waals surface area (Å²) < 4.78 is 7.63. The Hall–Kier alpha value is -4.23. The number of aromatic nitrogens is 4. The summed E-state index contributed by atoms with van der Waals surface area (Å²) >= 11 is 0. The molecule has 4 heterocycles. The second-order valence-corrected chi connectivity index (χ2v) is 9.98. The Balaban J connectivity index is 1.45. The summed E-state index contributed by atoms with van der Waals surface area (Å²) in [6.45, 7) is 0.743. The van der Waals surface area contributed by atoms with Crippen LogP contribution < -0.4 is 5.32 Å². The molecule has 0 aliphatic heterocycles. The molecule has 6 aromatic rings. The van der Waals surface area contributed by atoms with Crippen molar-refractivity contribution in [2.24, 2.45) is 7.05 Å². The van der Waals surface area contributed by atoms with Crippen molar-refractivity contribution in [3.63, 3.8) is 0 Å². The zero-order valence-corrected chi connectivity index (χ0v) is 20.1. The quantitative estimate of drug-likeness (QED) is 0.259. The third-order valence-electron chi connectivity index (χ3n) is 5.94. The Kier molecular flexibility index (Phi) is 5.60. The second-order valence-electron chi connectivity index (χ2n) is 8.22. The molecular weight excluding hydrogens is 454 g/mol. The van der Waals surface area contributed by atoms with Crippen LogP contribution in [0.5, 0.6) is 0 Å². The van der Waals surface area contributed by atoms with Gasteiger partial charge in [-0.15, -0.1) is 0 Å². The highest BCUT2D eigenvalue weighted by Crippen LogP contribution is 2.41. The predicted octanol–water partition coefficient (Wildman–Crippen LogP) is 6.68. The lowest BCUT2D eigenvalue weighted by atomic mass is 10.1. The molecule has 6 nitrogen and oxygen atoms in total. The molecule has 2 aromatic carbocycles. The minimum atomic E-state index is -0.369. The summed E-state index contributed by atoms with van der Waals surface area (Å²) in [5, 5.41) is 6.50. The average molecular weight is 479 g/mol. The zero-order chi connectivity index (χ0) is 23.6. The van der Waals surface area contributed by atoms with Gasteiger partial charge >= 0.3 is 5.16 Å². The fraction of sp³-hybridized carbons (Fsp3) is 0.107. The van der Waals surface area contributed by atoms with Gasteiger partial charge in [-0.1, -0.05) is 48.5 Å². The lowest BCUT2D eigenvalue weighted by Crippen LogP contribution is -2.08. The molecule has 172 valence electrons. The van der Waals surface area contributed by atoms with Crippen LogP contribution in [-0.2, 0) is 13.5 Å². The zero-order valence-electron chi connectivity index (χ0n) is 19.3. The Bertz CT molecular complexity index is 1570. The molecule has 0 fully saturated rings.